The van der Waals surface area contributed by atoms with Crippen molar-refractivity contribution in [3.05, 3.63) is 76.6 Å². The summed E-state index contributed by atoms with van der Waals surface area (Å²) in [6.07, 6.45) is 0.854. The molecular formula is C21H23F2N5. The van der Waals surface area contributed by atoms with Crippen LogP contribution < -0.4 is 0 Å². The number of rotatable bonds is 3. The molecule has 0 amide bonds. The smallest absolute Gasteiger partial charge is 0.173 e. The summed E-state index contributed by atoms with van der Waals surface area (Å²) < 4.78 is 30.1. The molecule has 0 aliphatic carbocycles. The molecule has 0 N–H and O–H groups in total. The van der Waals surface area contributed by atoms with Crippen LogP contribution in [0.5, 0.6) is 0 Å². The second-order valence-electron chi connectivity index (χ2n) is 8.18. The maximum atomic E-state index is 14.8. The highest BCUT2D eigenvalue weighted by Gasteiger charge is 2.34. The first-order chi connectivity index (χ1) is 13.3. The quantitative estimate of drug-likeness (QED) is 0.689. The van der Waals surface area contributed by atoms with Gasteiger partial charge in [0.15, 0.2) is 5.82 Å². The molecule has 0 spiro atoms. The molecule has 3 aromatic rings. The van der Waals surface area contributed by atoms with Crippen LogP contribution >= 0.6 is 0 Å². The average molecular weight is 383 g/mol. The van der Waals surface area contributed by atoms with Gasteiger partial charge in [0.1, 0.15) is 17.7 Å². The molecule has 4 rings (SSSR count). The van der Waals surface area contributed by atoms with Crippen molar-refractivity contribution in [2.75, 3.05) is 6.54 Å². The van der Waals surface area contributed by atoms with Gasteiger partial charge >= 0.3 is 0 Å². The van der Waals surface area contributed by atoms with E-state index < -0.39 is 17.7 Å². The molecule has 1 aliphatic heterocycles. The van der Waals surface area contributed by atoms with E-state index in [4.69, 9.17) is 0 Å². The van der Waals surface area contributed by atoms with Crippen molar-refractivity contribution in [1.82, 2.24) is 25.1 Å². The zero-order valence-corrected chi connectivity index (χ0v) is 16.2. The SMILES string of the molecule is CC(C)(C)n1nnnc1C(c1ccc(F)cc1F)N1CCc2ccccc2C1. The lowest BCUT2D eigenvalue weighted by molar-refractivity contribution is 0.182. The maximum absolute atomic E-state index is 14.8. The van der Waals surface area contributed by atoms with E-state index in [0.717, 1.165) is 19.0 Å². The summed E-state index contributed by atoms with van der Waals surface area (Å²) in [4.78, 5) is 2.16. The summed E-state index contributed by atoms with van der Waals surface area (Å²) in [6, 6.07) is 11.5. The van der Waals surface area contributed by atoms with Crippen LogP contribution in [0.4, 0.5) is 8.78 Å². The second-order valence-corrected chi connectivity index (χ2v) is 8.18. The third kappa shape index (κ3) is 3.42. The molecule has 1 unspecified atom stereocenters. The Kier molecular flexibility index (Phi) is 4.71. The standard InChI is InChI=1S/C21H23F2N5/c1-21(2,3)28-20(24-25-26-28)19(17-9-8-16(22)12-18(17)23)27-11-10-14-6-4-5-7-15(14)13-27/h4-9,12,19H,10-11,13H2,1-3H3. The highest BCUT2D eigenvalue weighted by Crippen LogP contribution is 2.34. The number of nitrogens with zero attached hydrogens (tertiary/aromatic N) is 5. The van der Waals surface area contributed by atoms with E-state index in [2.05, 4.69) is 32.6 Å². The molecule has 0 radical (unpaired) electrons. The highest BCUT2D eigenvalue weighted by molar-refractivity contribution is 5.32. The van der Waals surface area contributed by atoms with E-state index in [1.54, 1.807) is 4.68 Å². The summed E-state index contributed by atoms with van der Waals surface area (Å²) in [5.74, 6) is -0.635. The van der Waals surface area contributed by atoms with Crippen LogP contribution in [0.2, 0.25) is 0 Å². The van der Waals surface area contributed by atoms with Crippen LogP contribution in [-0.4, -0.2) is 31.7 Å². The summed E-state index contributed by atoms with van der Waals surface area (Å²) >= 11 is 0. The molecule has 2 heterocycles. The van der Waals surface area contributed by atoms with E-state index >= 15 is 0 Å². The Morgan fingerprint density at radius 1 is 1.04 bits per heavy atom. The van der Waals surface area contributed by atoms with Gasteiger partial charge in [-0.25, -0.2) is 13.5 Å². The van der Waals surface area contributed by atoms with E-state index in [-0.39, 0.29) is 5.54 Å². The third-order valence-electron chi connectivity index (χ3n) is 5.16. The predicted octanol–water partition coefficient (Wildman–Crippen LogP) is 3.85. The zero-order chi connectivity index (χ0) is 19.9. The van der Waals surface area contributed by atoms with Gasteiger partial charge in [0.2, 0.25) is 0 Å². The second kappa shape index (κ2) is 7.05. The van der Waals surface area contributed by atoms with Crippen molar-refractivity contribution >= 4 is 0 Å². The van der Waals surface area contributed by atoms with E-state index in [0.29, 0.717) is 17.9 Å². The molecule has 0 saturated carbocycles. The number of tetrazole rings is 1. The summed E-state index contributed by atoms with van der Waals surface area (Å²) in [5.41, 5.74) is 2.51. The Bertz CT molecular complexity index is 992. The number of fused-ring (bicyclic) bond motifs is 1. The topological polar surface area (TPSA) is 46.8 Å². The molecule has 7 heteroatoms. The highest BCUT2D eigenvalue weighted by atomic mass is 19.1. The Morgan fingerprint density at radius 2 is 1.79 bits per heavy atom. The van der Waals surface area contributed by atoms with Crippen LogP contribution in [0, 0.1) is 11.6 Å². The van der Waals surface area contributed by atoms with Crippen molar-refractivity contribution in [2.45, 2.75) is 45.3 Å². The van der Waals surface area contributed by atoms with E-state index in [1.807, 2.05) is 32.9 Å². The van der Waals surface area contributed by atoms with Gasteiger partial charge in [-0.3, -0.25) is 4.90 Å². The first kappa shape index (κ1) is 18.7. The molecule has 0 bridgehead atoms. The molecule has 0 fully saturated rings. The van der Waals surface area contributed by atoms with Gasteiger partial charge in [-0.1, -0.05) is 30.3 Å². The Hall–Kier alpha value is -2.67. The van der Waals surface area contributed by atoms with Crippen LogP contribution in [0.1, 0.15) is 49.3 Å². The molecular weight excluding hydrogens is 360 g/mol. The Morgan fingerprint density at radius 3 is 2.50 bits per heavy atom. The molecule has 146 valence electrons. The molecule has 5 nitrogen and oxygen atoms in total. The predicted molar refractivity (Wildman–Crippen MR) is 102 cm³/mol. The normalized spacial score (nSPS) is 16.0. The van der Waals surface area contributed by atoms with Gasteiger partial charge in [0, 0.05) is 24.7 Å². The molecule has 1 aromatic heterocycles. The molecule has 0 saturated heterocycles. The molecule has 28 heavy (non-hydrogen) atoms. The molecule has 1 aliphatic rings. The van der Waals surface area contributed by atoms with Gasteiger partial charge in [0.05, 0.1) is 5.54 Å². The van der Waals surface area contributed by atoms with Gasteiger partial charge in [-0.2, -0.15) is 0 Å². The first-order valence-corrected chi connectivity index (χ1v) is 9.39. The van der Waals surface area contributed by atoms with Gasteiger partial charge in [0.25, 0.3) is 0 Å². The third-order valence-corrected chi connectivity index (χ3v) is 5.16. The number of hydrogen-bond acceptors (Lipinski definition) is 4. The monoisotopic (exact) mass is 383 g/mol. The van der Waals surface area contributed by atoms with Gasteiger partial charge in [-0.15, -0.1) is 5.10 Å². The van der Waals surface area contributed by atoms with E-state index in [1.165, 1.54) is 23.3 Å². The summed E-state index contributed by atoms with van der Waals surface area (Å²) in [6.45, 7) is 7.37. The van der Waals surface area contributed by atoms with Crippen molar-refractivity contribution in [3.8, 4) is 0 Å². The van der Waals surface area contributed by atoms with E-state index in [9.17, 15) is 8.78 Å². The molecule has 2 aromatic carbocycles. The fourth-order valence-electron chi connectivity index (χ4n) is 3.80. The lowest BCUT2D eigenvalue weighted by atomic mass is 9.95. The minimum absolute atomic E-state index is 0.374. The van der Waals surface area contributed by atoms with Crippen molar-refractivity contribution in [3.63, 3.8) is 0 Å². The fraction of sp³-hybridized carbons (Fsp3) is 0.381. The number of aromatic nitrogens is 4. The Labute approximate surface area is 163 Å². The van der Waals surface area contributed by atoms with Crippen LogP contribution in [0.3, 0.4) is 0 Å². The lowest BCUT2D eigenvalue weighted by Crippen LogP contribution is -2.38. The largest absolute Gasteiger partial charge is 0.285 e. The maximum Gasteiger partial charge on any atom is 0.173 e. The first-order valence-electron chi connectivity index (χ1n) is 9.39. The van der Waals surface area contributed by atoms with Crippen LogP contribution in [-0.2, 0) is 18.5 Å². The summed E-state index contributed by atoms with van der Waals surface area (Å²) in [7, 11) is 0. The average Bonchev–Trinajstić information content (AvgIpc) is 3.13. The summed E-state index contributed by atoms with van der Waals surface area (Å²) in [5, 5.41) is 12.3. The van der Waals surface area contributed by atoms with Gasteiger partial charge in [-0.05, 0) is 54.8 Å². The van der Waals surface area contributed by atoms with Gasteiger partial charge < -0.3 is 0 Å². The molecule has 1 atom stereocenters. The number of benzene rings is 2. The van der Waals surface area contributed by atoms with Crippen LogP contribution in [0.25, 0.3) is 0 Å². The minimum atomic E-state index is -0.598. The lowest BCUT2D eigenvalue weighted by Gasteiger charge is -2.36. The zero-order valence-electron chi connectivity index (χ0n) is 16.2. The number of hydrogen-bond donors (Lipinski definition) is 0. The Balaban J connectivity index is 1.83. The van der Waals surface area contributed by atoms with Crippen molar-refractivity contribution in [1.29, 1.82) is 0 Å². The number of halogens is 2. The minimum Gasteiger partial charge on any atom is -0.285 e. The van der Waals surface area contributed by atoms with Crippen LogP contribution in [0.15, 0.2) is 42.5 Å². The van der Waals surface area contributed by atoms with Crippen molar-refractivity contribution in [2.24, 2.45) is 0 Å². The van der Waals surface area contributed by atoms with Crippen molar-refractivity contribution < 1.29 is 8.78 Å². The fourth-order valence-corrected chi connectivity index (χ4v) is 3.80.